The molecule has 0 aliphatic carbocycles. The SMILES string of the molecule is Cc1cnccc1-c1cccc2c3cccc(-c4ccncc4C)c3n(-c3cccc(C=O)c3C(=O)N(C)c3cccc(-c4ccccc4)c3-c3ccccc3)c12. The first-order valence-electron chi connectivity index (χ1n) is 18.9. The Morgan fingerprint density at radius 3 is 1.65 bits per heavy atom. The van der Waals surface area contributed by atoms with Gasteiger partial charge < -0.3 is 9.47 Å². The van der Waals surface area contributed by atoms with Gasteiger partial charge in [-0.25, -0.2) is 0 Å². The molecular formula is C51H38N4O2. The maximum absolute atomic E-state index is 15.5. The van der Waals surface area contributed by atoms with E-state index in [4.69, 9.17) is 0 Å². The van der Waals surface area contributed by atoms with E-state index >= 15 is 4.79 Å². The van der Waals surface area contributed by atoms with Crippen molar-refractivity contribution in [3.63, 3.8) is 0 Å². The van der Waals surface area contributed by atoms with E-state index in [0.29, 0.717) is 16.8 Å². The minimum atomic E-state index is -0.305. The maximum Gasteiger partial charge on any atom is 0.260 e. The largest absolute Gasteiger partial charge is 0.311 e. The summed E-state index contributed by atoms with van der Waals surface area (Å²) in [5.41, 5.74) is 13.8. The molecule has 6 nitrogen and oxygen atoms in total. The summed E-state index contributed by atoms with van der Waals surface area (Å²) in [5, 5.41) is 2.05. The number of anilines is 1. The molecule has 3 heterocycles. The van der Waals surface area contributed by atoms with Gasteiger partial charge in [-0.2, -0.15) is 0 Å². The van der Waals surface area contributed by atoms with Crippen LogP contribution in [0.15, 0.2) is 170 Å². The first-order valence-corrected chi connectivity index (χ1v) is 18.9. The number of benzene rings is 6. The Balaban J connectivity index is 1.36. The molecule has 0 fully saturated rings. The molecule has 6 heteroatoms. The Labute approximate surface area is 331 Å². The van der Waals surface area contributed by atoms with E-state index in [1.807, 2.05) is 97.6 Å². The van der Waals surface area contributed by atoms with E-state index in [1.165, 1.54) is 0 Å². The molecule has 0 spiro atoms. The topological polar surface area (TPSA) is 68.1 Å². The van der Waals surface area contributed by atoms with Crippen LogP contribution in [-0.4, -0.2) is 33.8 Å². The average Bonchev–Trinajstić information content (AvgIpc) is 3.61. The number of hydrogen-bond donors (Lipinski definition) is 0. The molecule has 0 aliphatic heterocycles. The van der Waals surface area contributed by atoms with Crippen molar-refractivity contribution < 1.29 is 9.59 Å². The molecule has 57 heavy (non-hydrogen) atoms. The minimum Gasteiger partial charge on any atom is -0.311 e. The molecule has 6 aromatic carbocycles. The Kier molecular flexibility index (Phi) is 9.07. The van der Waals surface area contributed by atoms with Crippen LogP contribution in [-0.2, 0) is 0 Å². The Morgan fingerprint density at radius 1 is 0.561 bits per heavy atom. The highest BCUT2D eigenvalue weighted by Gasteiger charge is 2.28. The van der Waals surface area contributed by atoms with Gasteiger partial charge in [0.15, 0.2) is 6.29 Å². The minimum absolute atomic E-state index is 0.301. The number of aryl methyl sites for hydroxylation is 2. The summed E-state index contributed by atoms with van der Waals surface area (Å²) in [6, 6.07) is 48.7. The van der Waals surface area contributed by atoms with Gasteiger partial charge in [-0.15, -0.1) is 0 Å². The molecule has 3 aromatic heterocycles. The Hall–Kier alpha value is -7.44. The normalized spacial score (nSPS) is 11.2. The van der Waals surface area contributed by atoms with E-state index in [2.05, 4.69) is 95.1 Å². The van der Waals surface area contributed by atoms with Crippen LogP contribution in [0.1, 0.15) is 31.8 Å². The van der Waals surface area contributed by atoms with E-state index in [1.54, 1.807) is 18.0 Å². The van der Waals surface area contributed by atoms with Gasteiger partial charge in [0.25, 0.3) is 5.91 Å². The van der Waals surface area contributed by atoms with Crippen LogP contribution in [0.25, 0.3) is 72.0 Å². The number of aromatic nitrogens is 3. The predicted octanol–water partition coefficient (Wildman–Crippen LogP) is 11.9. The van der Waals surface area contributed by atoms with Crippen molar-refractivity contribution in [1.29, 1.82) is 0 Å². The van der Waals surface area contributed by atoms with Crippen LogP contribution in [0, 0.1) is 13.8 Å². The number of pyridine rings is 2. The number of carbonyl (C=O) groups excluding carboxylic acids is 2. The van der Waals surface area contributed by atoms with Crippen molar-refractivity contribution >= 4 is 39.7 Å². The number of para-hydroxylation sites is 2. The molecule has 0 radical (unpaired) electrons. The molecule has 1 amide bonds. The highest BCUT2D eigenvalue weighted by atomic mass is 16.2. The van der Waals surface area contributed by atoms with Gasteiger partial charge in [0, 0.05) is 64.9 Å². The van der Waals surface area contributed by atoms with E-state index in [-0.39, 0.29) is 5.91 Å². The van der Waals surface area contributed by atoms with Crippen LogP contribution in [0.4, 0.5) is 5.69 Å². The lowest BCUT2D eigenvalue weighted by molar-refractivity contribution is 0.0986. The fourth-order valence-electron chi connectivity index (χ4n) is 8.28. The van der Waals surface area contributed by atoms with Crippen molar-refractivity contribution in [1.82, 2.24) is 14.5 Å². The lowest BCUT2D eigenvalue weighted by Gasteiger charge is -2.26. The summed E-state index contributed by atoms with van der Waals surface area (Å²) in [4.78, 5) is 39.1. The fraction of sp³-hybridized carbons (Fsp3) is 0.0588. The van der Waals surface area contributed by atoms with Gasteiger partial charge in [0.2, 0.25) is 0 Å². The smallest absolute Gasteiger partial charge is 0.260 e. The van der Waals surface area contributed by atoms with Crippen LogP contribution >= 0.6 is 0 Å². The molecule has 0 aliphatic rings. The lowest BCUT2D eigenvalue weighted by Crippen LogP contribution is -2.29. The molecular weight excluding hydrogens is 701 g/mol. The molecule has 0 saturated heterocycles. The highest BCUT2D eigenvalue weighted by molar-refractivity contribution is 6.20. The number of amides is 1. The number of carbonyl (C=O) groups is 2. The number of hydrogen-bond acceptors (Lipinski definition) is 4. The Morgan fingerprint density at radius 2 is 1.09 bits per heavy atom. The van der Waals surface area contributed by atoms with Crippen LogP contribution < -0.4 is 4.90 Å². The molecule has 274 valence electrons. The van der Waals surface area contributed by atoms with Gasteiger partial charge in [-0.1, -0.05) is 121 Å². The third kappa shape index (κ3) is 5.99. The molecule has 0 unspecified atom stereocenters. The van der Waals surface area contributed by atoms with Gasteiger partial charge in [0.1, 0.15) is 0 Å². The van der Waals surface area contributed by atoms with Crippen LogP contribution in [0.3, 0.4) is 0 Å². The number of fused-ring (bicyclic) bond motifs is 3. The quantitative estimate of drug-likeness (QED) is 0.146. The van der Waals surface area contributed by atoms with Gasteiger partial charge in [0.05, 0.1) is 28.0 Å². The van der Waals surface area contributed by atoms with Gasteiger partial charge >= 0.3 is 0 Å². The second kappa shape index (κ2) is 14.7. The summed E-state index contributed by atoms with van der Waals surface area (Å²) in [5.74, 6) is -0.305. The fourth-order valence-corrected chi connectivity index (χ4v) is 8.28. The van der Waals surface area contributed by atoms with Crippen LogP contribution in [0.5, 0.6) is 0 Å². The summed E-state index contributed by atoms with van der Waals surface area (Å²) in [6.07, 6.45) is 8.16. The molecule has 9 rings (SSSR count). The predicted molar refractivity (Wildman–Crippen MR) is 232 cm³/mol. The second-order valence-corrected chi connectivity index (χ2v) is 14.3. The van der Waals surface area contributed by atoms with Crippen LogP contribution in [0.2, 0.25) is 0 Å². The zero-order valence-electron chi connectivity index (χ0n) is 31.8. The summed E-state index contributed by atoms with van der Waals surface area (Å²) >= 11 is 0. The summed E-state index contributed by atoms with van der Waals surface area (Å²) in [6.45, 7) is 4.12. The third-order valence-corrected chi connectivity index (χ3v) is 10.9. The van der Waals surface area contributed by atoms with E-state index < -0.39 is 0 Å². The van der Waals surface area contributed by atoms with E-state index in [9.17, 15) is 4.79 Å². The zero-order valence-corrected chi connectivity index (χ0v) is 31.8. The van der Waals surface area contributed by atoms with Crippen molar-refractivity contribution in [2.75, 3.05) is 11.9 Å². The van der Waals surface area contributed by atoms with E-state index in [0.717, 1.165) is 89.4 Å². The summed E-state index contributed by atoms with van der Waals surface area (Å²) in [7, 11) is 1.80. The molecule has 0 N–H and O–H groups in total. The molecule has 9 aromatic rings. The Bertz CT molecular complexity index is 2880. The van der Waals surface area contributed by atoms with Crippen molar-refractivity contribution in [3.8, 4) is 50.2 Å². The maximum atomic E-state index is 15.5. The van der Waals surface area contributed by atoms with Crippen molar-refractivity contribution in [3.05, 3.63) is 193 Å². The molecule has 0 bridgehead atoms. The van der Waals surface area contributed by atoms with Crippen molar-refractivity contribution in [2.24, 2.45) is 0 Å². The molecule has 0 saturated carbocycles. The van der Waals surface area contributed by atoms with Crippen molar-refractivity contribution in [2.45, 2.75) is 13.8 Å². The first-order chi connectivity index (χ1) is 28.0. The lowest BCUT2D eigenvalue weighted by atomic mass is 9.92. The van der Waals surface area contributed by atoms with Gasteiger partial charge in [-0.3, -0.25) is 19.6 Å². The highest BCUT2D eigenvalue weighted by Crippen LogP contribution is 2.45. The summed E-state index contributed by atoms with van der Waals surface area (Å²) < 4.78 is 2.20. The van der Waals surface area contributed by atoms with Gasteiger partial charge in [-0.05, 0) is 77.1 Å². The third-order valence-electron chi connectivity index (χ3n) is 10.9. The average molecular weight is 739 g/mol. The number of aldehydes is 1. The second-order valence-electron chi connectivity index (χ2n) is 14.3. The number of rotatable bonds is 8. The number of nitrogens with zero attached hydrogens (tertiary/aromatic N) is 4. The zero-order chi connectivity index (χ0) is 39.0. The molecule has 0 atom stereocenters. The standard InChI is InChI=1S/C51H38N4O2/c1-33-30-52-28-26-38(33)41-20-11-22-43-44-23-12-21-42(39-27-29-53-31-34(39)2)50(44)55(49(41)43)46-25-10-18-37(32-56)48(46)51(57)54(3)45-24-13-19-40(35-14-6-4-7-15-35)47(45)36-16-8-5-9-17-36/h4-32H,1-3H3. The monoisotopic (exact) mass is 738 g/mol. The first kappa shape index (κ1) is 35.3.